The molecule has 0 fully saturated rings. The molecule has 6 heteroatoms. The van der Waals surface area contributed by atoms with E-state index in [0.717, 1.165) is 5.56 Å². The Kier molecular flexibility index (Phi) is 7.32. The van der Waals surface area contributed by atoms with Crippen molar-refractivity contribution >= 4 is 23.5 Å². The molecule has 0 aliphatic carbocycles. The number of amides is 2. The molecular formula is C22H26N2O4. The molecule has 0 radical (unpaired) electrons. The quantitative estimate of drug-likeness (QED) is 0.717. The predicted molar refractivity (Wildman–Crippen MR) is 108 cm³/mol. The van der Waals surface area contributed by atoms with Crippen LogP contribution in [0.4, 0.5) is 5.69 Å². The molecule has 0 aliphatic rings. The summed E-state index contributed by atoms with van der Waals surface area (Å²) in [6, 6.07) is 13.0. The predicted octanol–water partition coefficient (Wildman–Crippen LogP) is 3.56. The maximum atomic E-state index is 12.7. The smallest absolute Gasteiger partial charge is 0.338 e. The summed E-state index contributed by atoms with van der Waals surface area (Å²) >= 11 is 0. The summed E-state index contributed by atoms with van der Waals surface area (Å²) in [5, 5.41) is 5.60. The van der Waals surface area contributed by atoms with Crippen LogP contribution in [0.15, 0.2) is 48.5 Å². The van der Waals surface area contributed by atoms with Crippen LogP contribution < -0.4 is 10.6 Å². The molecule has 2 rings (SSSR count). The highest BCUT2D eigenvalue weighted by atomic mass is 16.5. The van der Waals surface area contributed by atoms with Crippen LogP contribution in [0.3, 0.4) is 0 Å². The molecule has 1 atom stereocenters. The van der Waals surface area contributed by atoms with E-state index in [9.17, 15) is 14.4 Å². The van der Waals surface area contributed by atoms with E-state index in [1.807, 2.05) is 32.9 Å². The molecule has 0 saturated carbocycles. The van der Waals surface area contributed by atoms with Gasteiger partial charge in [0.05, 0.1) is 12.2 Å². The number of hydrogen-bond acceptors (Lipinski definition) is 4. The zero-order valence-corrected chi connectivity index (χ0v) is 16.6. The van der Waals surface area contributed by atoms with Crippen LogP contribution in [0.1, 0.15) is 47.1 Å². The van der Waals surface area contributed by atoms with Crippen molar-refractivity contribution in [1.29, 1.82) is 0 Å². The first-order valence-corrected chi connectivity index (χ1v) is 9.28. The number of carbonyl (C=O) groups is 3. The molecule has 0 spiro atoms. The molecular weight excluding hydrogens is 356 g/mol. The van der Waals surface area contributed by atoms with Gasteiger partial charge < -0.3 is 15.4 Å². The number of rotatable bonds is 7. The minimum absolute atomic E-state index is 0.105. The number of ether oxygens (including phenoxy) is 1. The lowest BCUT2D eigenvalue weighted by atomic mass is 10.0. The molecule has 2 N–H and O–H groups in total. The van der Waals surface area contributed by atoms with E-state index < -0.39 is 12.0 Å². The Balaban J connectivity index is 2.08. The summed E-state index contributed by atoms with van der Waals surface area (Å²) in [5.41, 5.74) is 2.33. The normalized spacial score (nSPS) is 11.6. The van der Waals surface area contributed by atoms with Crippen LogP contribution in [0.5, 0.6) is 0 Å². The van der Waals surface area contributed by atoms with Gasteiger partial charge in [0, 0.05) is 11.3 Å². The van der Waals surface area contributed by atoms with Gasteiger partial charge in [-0.15, -0.1) is 0 Å². The SMILES string of the molecule is CCOC(=O)c1ccc(NC(=O)C(NC(=O)c2ccccc2C)C(C)C)cc1. The van der Waals surface area contributed by atoms with Gasteiger partial charge in [-0.1, -0.05) is 32.0 Å². The topological polar surface area (TPSA) is 84.5 Å². The second-order valence-corrected chi connectivity index (χ2v) is 6.80. The molecule has 0 saturated heterocycles. The molecule has 0 bridgehead atoms. The fourth-order valence-corrected chi connectivity index (χ4v) is 2.71. The number of nitrogens with one attached hydrogen (secondary N) is 2. The van der Waals surface area contributed by atoms with Crippen molar-refractivity contribution in [3.8, 4) is 0 Å². The number of benzene rings is 2. The average molecular weight is 382 g/mol. The van der Waals surface area contributed by atoms with Crippen molar-refractivity contribution in [1.82, 2.24) is 5.32 Å². The number of anilines is 1. The molecule has 6 nitrogen and oxygen atoms in total. The van der Waals surface area contributed by atoms with Crippen molar-refractivity contribution in [3.63, 3.8) is 0 Å². The van der Waals surface area contributed by atoms with E-state index >= 15 is 0 Å². The van der Waals surface area contributed by atoms with Gasteiger partial charge >= 0.3 is 5.97 Å². The second kappa shape index (κ2) is 9.69. The first-order valence-electron chi connectivity index (χ1n) is 9.28. The minimum atomic E-state index is -0.697. The maximum absolute atomic E-state index is 12.7. The Morgan fingerprint density at radius 2 is 1.64 bits per heavy atom. The number of hydrogen-bond donors (Lipinski definition) is 2. The summed E-state index contributed by atoms with van der Waals surface area (Å²) in [7, 11) is 0. The van der Waals surface area contributed by atoms with E-state index in [2.05, 4.69) is 10.6 Å². The van der Waals surface area contributed by atoms with Crippen LogP contribution in [-0.2, 0) is 9.53 Å². The third kappa shape index (κ3) is 5.42. The van der Waals surface area contributed by atoms with E-state index in [1.54, 1.807) is 43.3 Å². The fourth-order valence-electron chi connectivity index (χ4n) is 2.71. The fraction of sp³-hybridized carbons (Fsp3) is 0.318. The second-order valence-electron chi connectivity index (χ2n) is 6.80. The van der Waals surface area contributed by atoms with Crippen molar-refractivity contribution in [2.45, 2.75) is 33.7 Å². The van der Waals surface area contributed by atoms with E-state index in [4.69, 9.17) is 4.74 Å². The highest BCUT2D eigenvalue weighted by Gasteiger charge is 2.25. The molecule has 28 heavy (non-hydrogen) atoms. The van der Waals surface area contributed by atoms with Gasteiger partial charge in [-0.2, -0.15) is 0 Å². The largest absolute Gasteiger partial charge is 0.462 e. The van der Waals surface area contributed by atoms with Crippen LogP contribution in [0.25, 0.3) is 0 Å². The molecule has 1 unspecified atom stereocenters. The van der Waals surface area contributed by atoms with Crippen LogP contribution in [0, 0.1) is 12.8 Å². The monoisotopic (exact) mass is 382 g/mol. The van der Waals surface area contributed by atoms with Crippen molar-refractivity contribution in [2.24, 2.45) is 5.92 Å². The van der Waals surface area contributed by atoms with Crippen molar-refractivity contribution < 1.29 is 19.1 Å². The van der Waals surface area contributed by atoms with Crippen molar-refractivity contribution in [3.05, 3.63) is 65.2 Å². The molecule has 2 aromatic carbocycles. The minimum Gasteiger partial charge on any atom is -0.462 e. The van der Waals surface area contributed by atoms with Crippen LogP contribution in [0.2, 0.25) is 0 Å². The molecule has 0 heterocycles. The van der Waals surface area contributed by atoms with E-state index in [0.29, 0.717) is 23.4 Å². The van der Waals surface area contributed by atoms with Crippen LogP contribution >= 0.6 is 0 Å². The number of carbonyl (C=O) groups excluding carboxylic acids is 3. The Hall–Kier alpha value is -3.15. The lowest BCUT2D eigenvalue weighted by Crippen LogP contribution is -2.47. The Morgan fingerprint density at radius 3 is 2.21 bits per heavy atom. The summed E-state index contributed by atoms with van der Waals surface area (Å²) in [6.45, 7) is 7.63. The zero-order valence-electron chi connectivity index (χ0n) is 16.6. The zero-order chi connectivity index (χ0) is 20.7. The molecule has 148 valence electrons. The van der Waals surface area contributed by atoms with E-state index in [-0.39, 0.29) is 17.7 Å². The summed E-state index contributed by atoms with van der Waals surface area (Å²) in [5.74, 6) is -1.12. The Labute approximate surface area is 165 Å². The average Bonchev–Trinajstić information content (AvgIpc) is 2.66. The van der Waals surface area contributed by atoms with Crippen molar-refractivity contribution in [2.75, 3.05) is 11.9 Å². The first-order chi connectivity index (χ1) is 13.3. The highest BCUT2D eigenvalue weighted by molar-refractivity contribution is 6.02. The Bertz CT molecular complexity index is 844. The summed E-state index contributed by atoms with van der Waals surface area (Å²) in [4.78, 5) is 37.0. The maximum Gasteiger partial charge on any atom is 0.338 e. The number of esters is 1. The molecule has 0 aliphatic heterocycles. The summed E-state index contributed by atoms with van der Waals surface area (Å²) < 4.78 is 4.94. The van der Waals surface area contributed by atoms with Gasteiger partial charge in [-0.25, -0.2) is 4.79 Å². The summed E-state index contributed by atoms with van der Waals surface area (Å²) in [6.07, 6.45) is 0. The lowest BCUT2D eigenvalue weighted by Gasteiger charge is -2.22. The highest BCUT2D eigenvalue weighted by Crippen LogP contribution is 2.14. The van der Waals surface area contributed by atoms with Gasteiger partial charge in [0.25, 0.3) is 5.91 Å². The lowest BCUT2D eigenvalue weighted by molar-refractivity contribution is -0.118. The third-order valence-corrected chi connectivity index (χ3v) is 4.29. The van der Waals surface area contributed by atoms with Crippen LogP contribution in [-0.4, -0.2) is 30.4 Å². The van der Waals surface area contributed by atoms with Gasteiger partial charge in [0.2, 0.25) is 5.91 Å². The number of aryl methyl sites for hydroxylation is 1. The van der Waals surface area contributed by atoms with E-state index in [1.165, 1.54) is 0 Å². The standard InChI is InChI=1S/C22H26N2O4/c1-5-28-22(27)16-10-12-17(13-11-16)23-21(26)19(14(2)3)24-20(25)18-9-7-6-8-15(18)4/h6-14,19H,5H2,1-4H3,(H,23,26)(H,24,25). The van der Waals surface area contributed by atoms with Gasteiger partial charge in [-0.3, -0.25) is 9.59 Å². The molecule has 0 aromatic heterocycles. The Morgan fingerprint density at radius 1 is 1.00 bits per heavy atom. The van der Waals surface area contributed by atoms with Gasteiger partial charge in [-0.05, 0) is 55.7 Å². The van der Waals surface area contributed by atoms with Gasteiger partial charge in [0.1, 0.15) is 6.04 Å². The molecule has 2 aromatic rings. The third-order valence-electron chi connectivity index (χ3n) is 4.29. The molecule has 2 amide bonds. The van der Waals surface area contributed by atoms with Gasteiger partial charge in [0.15, 0.2) is 0 Å². The first kappa shape index (κ1) is 21.2.